The molecule has 0 radical (unpaired) electrons. The Balaban J connectivity index is 0.00000200. The Labute approximate surface area is 125 Å². The summed E-state index contributed by atoms with van der Waals surface area (Å²) in [5, 5.41) is 3.18. The smallest absolute Gasteiger partial charge is 0.216 e. The minimum atomic E-state index is -3.39. The van der Waals surface area contributed by atoms with Gasteiger partial charge in [0.1, 0.15) is 5.82 Å². The summed E-state index contributed by atoms with van der Waals surface area (Å²) in [4.78, 5) is 0. The number of sulfonamides is 1. The summed E-state index contributed by atoms with van der Waals surface area (Å²) in [5.41, 5.74) is 0.588. The van der Waals surface area contributed by atoms with Crippen molar-refractivity contribution in [1.29, 1.82) is 0 Å². The summed E-state index contributed by atoms with van der Waals surface area (Å²) in [6.07, 6.45) is 0.962. The molecule has 4 nitrogen and oxygen atoms in total. The van der Waals surface area contributed by atoms with Gasteiger partial charge < -0.3 is 5.32 Å². The largest absolute Gasteiger partial charge is 0.315 e. The van der Waals surface area contributed by atoms with E-state index in [1.165, 1.54) is 24.3 Å². The molecule has 0 spiro atoms. The Bertz CT molecular complexity index is 522. The summed E-state index contributed by atoms with van der Waals surface area (Å²) in [5.74, 6) is -0.153. The van der Waals surface area contributed by atoms with Crippen molar-refractivity contribution in [2.45, 2.75) is 25.1 Å². The van der Waals surface area contributed by atoms with E-state index in [1.54, 1.807) is 0 Å². The summed E-state index contributed by atoms with van der Waals surface area (Å²) in [6, 6.07) is 5.47. The fourth-order valence-corrected chi connectivity index (χ4v) is 3.71. The van der Waals surface area contributed by atoms with Crippen LogP contribution in [0.15, 0.2) is 24.3 Å². The molecule has 1 aromatic carbocycles. The Morgan fingerprint density at radius 2 is 2.00 bits per heavy atom. The number of hydrogen-bond acceptors (Lipinski definition) is 3. The minimum Gasteiger partial charge on any atom is -0.315 e. The number of nitrogens with one attached hydrogen (secondary N) is 2. The molecule has 7 heteroatoms. The first-order chi connectivity index (χ1) is 8.96. The van der Waals surface area contributed by atoms with Gasteiger partial charge in [0.15, 0.2) is 0 Å². The van der Waals surface area contributed by atoms with Gasteiger partial charge in [-0.25, -0.2) is 17.5 Å². The Kier molecular flexibility index (Phi) is 6.39. The summed E-state index contributed by atoms with van der Waals surface area (Å²) >= 11 is 0. The van der Waals surface area contributed by atoms with Crippen LogP contribution in [0.2, 0.25) is 0 Å². The van der Waals surface area contributed by atoms with Crippen LogP contribution in [0.5, 0.6) is 0 Å². The molecule has 2 N–H and O–H groups in total. The van der Waals surface area contributed by atoms with Gasteiger partial charge in [-0.1, -0.05) is 19.1 Å². The van der Waals surface area contributed by atoms with Crippen molar-refractivity contribution in [3.05, 3.63) is 35.6 Å². The van der Waals surface area contributed by atoms with Crippen molar-refractivity contribution in [1.82, 2.24) is 10.0 Å². The van der Waals surface area contributed by atoms with E-state index in [4.69, 9.17) is 0 Å². The molecule has 2 unspecified atom stereocenters. The molecule has 1 aliphatic heterocycles. The van der Waals surface area contributed by atoms with Gasteiger partial charge in [-0.15, -0.1) is 12.4 Å². The average molecular weight is 323 g/mol. The van der Waals surface area contributed by atoms with E-state index in [2.05, 4.69) is 10.0 Å². The summed E-state index contributed by atoms with van der Waals surface area (Å²) < 4.78 is 39.6. The Morgan fingerprint density at radius 3 is 2.60 bits per heavy atom. The highest BCUT2D eigenvalue weighted by atomic mass is 35.5. The van der Waals surface area contributed by atoms with Crippen LogP contribution >= 0.6 is 12.4 Å². The molecular formula is C13H20ClFN2O2S. The predicted octanol–water partition coefficient (Wildman–Crippen LogP) is 1.66. The SMILES string of the molecule is CC1CCNCC1NS(=O)(=O)Cc1ccc(F)cc1.Cl. The summed E-state index contributed by atoms with van der Waals surface area (Å²) in [7, 11) is -3.39. The van der Waals surface area contributed by atoms with Gasteiger partial charge in [0, 0.05) is 12.6 Å². The average Bonchev–Trinajstić information content (AvgIpc) is 2.35. The second kappa shape index (κ2) is 7.36. The first-order valence-electron chi connectivity index (χ1n) is 6.41. The van der Waals surface area contributed by atoms with Gasteiger partial charge in [0.25, 0.3) is 0 Å². The second-order valence-corrected chi connectivity index (χ2v) is 6.83. The van der Waals surface area contributed by atoms with Crippen molar-refractivity contribution < 1.29 is 12.8 Å². The van der Waals surface area contributed by atoms with Crippen molar-refractivity contribution >= 4 is 22.4 Å². The van der Waals surface area contributed by atoms with Crippen LogP contribution < -0.4 is 10.0 Å². The monoisotopic (exact) mass is 322 g/mol. The zero-order chi connectivity index (χ0) is 13.9. The van der Waals surface area contributed by atoms with Crippen LogP contribution in [0.25, 0.3) is 0 Å². The van der Waals surface area contributed by atoms with Crippen LogP contribution in [-0.2, 0) is 15.8 Å². The highest BCUT2D eigenvalue weighted by Crippen LogP contribution is 2.14. The first kappa shape index (κ1) is 17.4. The van der Waals surface area contributed by atoms with Crippen LogP contribution in [0.3, 0.4) is 0 Å². The molecule has 0 saturated carbocycles. The molecule has 0 aliphatic carbocycles. The maximum Gasteiger partial charge on any atom is 0.216 e. The molecular weight excluding hydrogens is 303 g/mol. The van der Waals surface area contributed by atoms with Crippen LogP contribution in [0, 0.1) is 11.7 Å². The molecule has 2 rings (SSSR count). The fourth-order valence-electron chi connectivity index (χ4n) is 2.22. The number of piperidine rings is 1. The maximum atomic E-state index is 12.8. The zero-order valence-corrected chi connectivity index (χ0v) is 12.9. The van der Waals surface area contributed by atoms with E-state index in [1.807, 2.05) is 6.92 Å². The lowest BCUT2D eigenvalue weighted by Crippen LogP contribution is -2.50. The Morgan fingerprint density at radius 1 is 1.35 bits per heavy atom. The van der Waals surface area contributed by atoms with E-state index in [-0.39, 0.29) is 30.0 Å². The number of benzene rings is 1. The molecule has 1 aliphatic rings. The van der Waals surface area contributed by atoms with Crippen molar-refractivity contribution in [3.63, 3.8) is 0 Å². The van der Waals surface area contributed by atoms with Crippen molar-refractivity contribution in [2.75, 3.05) is 13.1 Å². The molecule has 20 heavy (non-hydrogen) atoms. The minimum absolute atomic E-state index is 0. The third kappa shape index (κ3) is 5.01. The molecule has 2 atom stereocenters. The van der Waals surface area contributed by atoms with Gasteiger partial charge in [0.05, 0.1) is 5.75 Å². The van der Waals surface area contributed by atoms with Crippen molar-refractivity contribution in [2.24, 2.45) is 5.92 Å². The molecule has 0 bridgehead atoms. The van der Waals surface area contributed by atoms with Gasteiger partial charge in [0.2, 0.25) is 10.0 Å². The van der Waals surface area contributed by atoms with Gasteiger partial charge in [-0.2, -0.15) is 0 Å². The highest BCUT2D eigenvalue weighted by molar-refractivity contribution is 7.88. The lowest BCUT2D eigenvalue weighted by molar-refractivity contribution is 0.327. The van der Waals surface area contributed by atoms with Crippen LogP contribution in [0.1, 0.15) is 18.9 Å². The van der Waals surface area contributed by atoms with E-state index >= 15 is 0 Å². The number of halogens is 2. The predicted molar refractivity (Wildman–Crippen MR) is 79.8 cm³/mol. The highest BCUT2D eigenvalue weighted by Gasteiger charge is 2.25. The fraction of sp³-hybridized carbons (Fsp3) is 0.538. The first-order valence-corrected chi connectivity index (χ1v) is 8.07. The maximum absolute atomic E-state index is 12.8. The topological polar surface area (TPSA) is 58.2 Å². The molecule has 0 aromatic heterocycles. The lowest BCUT2D eigenvalue weighted by Gasteiger charge is -2.29. The standard InChI is InChI=1S/C13H19FN2O2S.ClH/c1-10-6-7-15-8-13(10)16-19(17,18)9-11-2-4-12(14)5-3-11;/h2-5,10,13,15-16H,6-9H2,1H3;1H. The number of hydrogen-bond donors (Lipinski definition) is 2. The van der Waals surface area contributed by atoms with E-state index in [0.29, 0.717) is 18.0 Å². The molecule has 1 saturated heterocycles. The zero-order valence-electron chi connectivity index (χ0n) is 11.3. The molecule has 0 amide bonds. The van der Waals surface area contributed by atoms with E-state index in [9.17, 15) is 12.8 Å². The van der Waals surface area contributed by atoms with Crippen molar-refractivity contribution in [3.8, 4) is 0 Å². The van der Waals surface area contributed by atoms with Gasteiger partial charge in [-0.05, 0) is 36.6 Å². The normalized spacial score (nSPS) is 23.1. The summed E-state index contributed by atoms with van der Waals surface area (Å²) in [6.45, 7) is 3.63. The van der Waals surface area contributed by atoms with E-state index in [0.717, 1.165) is 13.0 Å². The number of rotatable bonds is 4. The lowest BCUT2D eigenvalue weighted by atomic mass is 9.96. The van der Waals surface area contributed by atoms with Crippen LogP contribution in [-0.4, -0.2) is 27.5 Å². The molecule has 1 aromatic rings. The van der Waals surface area contributed by atoms with E-state index < -0.39 is 10.0 Å². The molecule has 114 valence electrons. The Hall–Kier alpha value is -0.690. The van der Waals surface area contributed by atoms with Gasteiger partial charge in [-0.3, -0.25) is 0 Å². The molecule has 1 heterocycles. The third-order valence-electron chi connectivity index (χ3n) is 3.43. The third-order valence-corrected chi connectivity index (χ3v) is 4.80. The second-order valence-electron chi connectivity index (χ2n) is 5.08. The quantitative estimate of drug-likeness (QED) is 0.886. The van der Waals surface area contributed by atoms with Gasteiger partial charge >= 0.3 is 0 Å². The molecule has 1 fully saturated rings. The van der Waals surface area contributed by atoms with Crippen LogP contribution in [0.4, 0.5) is 4.39 Å².